The lowest BCUT2D eigenvalue weighted by atomic mass is 10.1. The summed E-state index contributed by atoms with van der Waals surface area (Å²) in [5.74, 6) is -0.258. The Balaban J connectivity index is 2.77. The highest BCUT2D eigenvalue weighted by molar-refractivity contribution is 7.92. The average Bonchev–Trinajstić information content (AvgIpc) is 2.43. The Hall–Kier alpha value is -1.60. The molecule has 21 heavy (non-hydrogen) atoms. The molecular formula is C14H23N3O3S. The molecule has 0 aromatic heterocycles. The Bertz CT molecular complexity index is 558. The zero-order valence-electron chi connectivity index (χ0n) is 12.5. The van der Waals surface area contributed by atoms with E-state index in [0.717, 1.165) is 6.54 Å². The van der Waals surface area contributed by atoms with Crippen LogP contribution in [0.1, 0.15) is 30.6 Å². The van der Waals surface area contributed by atoms with E-state index in [1.54, 1.807) is 31.2 Å². The average molecular weight is 313 g/mol. The van der Waals surface area contributed by atoms with Gasteiger partial charge in [-0.1, -0.05) is 26.0 Å². The maximum absolute atomic E-state index is 12.1. The van der Waals surface area contributed by atoms with Crippen LogP contribution in [0.5, 0.6) is 0 Å². The minimum Gasteiger partial charge on any atom is -0.351 e. The zero-order valence-corrected chi connectivity index (χ0v) is 13.3. The van der Waals surface area contributed by atoms with Crippen LogP contribution in [0, 0.1) is 0 Å². The lowest BCUT2D eigenvalue weighted by Crippen LogP contribution is -2.32. The van der Waals surface area contributed by atoms with Crippen LogP contribution in [0.25, 0.3) is 0 Å². The van der Waals surface area contributed by atoms with E-state index in [-0.39, 0.29) is 11.7 Å². The second kappa shape index (κ2) is 8.63. The Morgan fingerprint density at radius 3 is 2.52 bits per heavy atom. The molecule has 6 nitrogen and oxygen atoms in total. The van der Waals surface area contributed by atoms with Crippen molar-refractivity contribution in [1.82, 2.24) is 10.6 Å². The summed E-state index contributed by atoms with van der Waals surface area (Å²) in [4.78, 5) is 12.1. The lowest BCUT2D eigenvalue weighted by molar-refractivity contribution is 0.0955. The molecule has 1 amide bonds. The normalized spacial score (nSPS) is 11.1. The summed E-state index contributed by atoms with van der Waals surface area (Å²) in [6.07, 6.45) is 0.520. The minimum absolute atomic E-state index is 0.0311. The van der Waals surface area contributed by atoms with Gasteiger partial charge in [0.15, 0.2) is 0 Å². The van der Waals surface area contributed by atoms with Crippen LogP contribution in [0.2, 0.25) is 0 Å². The van der Waals surface area contributed by atoms with Crippen molar-refractivity contribution in [1.29, 1.82) is 0 Å². The number of carbonyl (C=O) groups is 1. The first kappa shape index (κ1) is 17.5. The number of rotatable bonds is 9. The van der Waals surface area contributed by atoms with Gasteiger partial charge in [0, 0.05) is 13.1 Å². The molecule has 1 aromatic rings. The number of likely N-dealkylation sites (N-methyl/N-ethyl adjacent to an activating group) is 1. The summed E-state index contributed by atoms with van der Waals surface area (Å²) in [6.45, 7) is 5.77. The minimum atomic E-state index is -3.41. The standard InChI is InChI=1S/C14H23N3O3S/c1-3-11-21(19,20)17-13-8-6-5-7-12(13)14(18)16-10-9-15-4-2/h5-8,15,17H,3-4,9-11H2,1-2H3,(H,16,18). The highest BCUT2D eigenvalue weighted by Crippen LogP contribution is 2.16. The van der Waals surface area contributed by atoms with E-state index in [1.165, 1.54) is 0 Å². The first-order valence-electron chi connectivity index (χ1n) is 7.08. The van der Waals surface area contributed by atoms with Gasteiger partial charge in [0.25, 0.3) is 5.91 Å². The maximum Gasteiger partial charge on any atom is 0.253 e. The first-order valence-corrected chi connectivity index (χ1v) is 8.73. The van der Waals surface area contributed by atoms with Crippen molar-refractivity contribution in [3.05, 3.63) is 29.8 Å². The van der Waals surface area contributed by atoms with Crippen LogP contribution < -0.4 is 15.4 Å². The van der Waals surface area contributed by atoms with Gasteiger partial charge in [-0.15, -0.1) is 0 Å². The topological polar surface area (TPSA) is 87.3 Å². The molecule has 3 N–H and O–H groups in total. The molecule has 1 rings (SSSR count). The summed E-state index contributed by atoms with van der Waals surface area (Å²) < 4.78 is 26.1. The third-order valence-electron chi connectivity index (χ3n) is 2.75. The molecule has 0 saturated carbocycles. The number of amides is 1. The van der Waals surface area contributed by atoms with Gasteiger partial charge < -0.3 is 10.6 Å². The SMILES string of the molecule is CCCS(=O)(=O)Nc1ccccc1C(=O)NCCNCC. The monoisotopic (exact) mass is 313 g/mol. The van der Waals surface area contributed by atoms with Gasteiger partial charge in [-0.25, -0.2) is 8.42 Å². The molecule has 0 aliphatic heterocycles. The van der Waals surface area contributed by atoms with Crippen molar-refractivity contribution < 1.29 is 13.2 Å². The summed E-state index contributed by atoms with van der Waals surface area (Å²) >= 11 is 0. The molecule has 0 heterocycles. The molecule has 1 aromatic carbocycles. The van der Waals surface area contributed by atoms with E-state index in [4.69, 9.17) is 0 Å². The Morgan fingerprint density at radius 2 is 1.86 bits per heavy atom. The number of nitrogens with one attached hydrogen (secondary N) is 3. The number of sulfonamides is 1. The van der Waals surface area contributed by atoms with Gasteiger partial charge in [0.2, 0.25) is 10.0 Å². The largest absolute Gasteiger partial charge is 0.351 e. The summed E-state index contributed by atoms with van der Waals surface area (Å²) in [6, 6.07) is 6.59. The highest BCUT2D eigenvalue weighted by Gasteiger charge is 2.15. The van der Waals surface area contributed by atoms with E-state index in [0.29, 0.717) is 30.8 Å². The van der Waals surface area contributed by atoms with Crippen LogP contribution in [-0.4, -0.2) is 39.7 Å². The molecule has 0 saturated heterocycles. The molecule has 0 radical (unpaired) electrons. The van der Waals surface area contributed by atoms with E-state index in [2.05, 4.69) is 15.4 Å². The molecule has 0 aliphatic rings. The molecule has 0 unspecified atom stereocenters. The lowest BCUT2D eigenvalue weighted by Gasteiger charge is -2.12. The third kappa shape index (κ3) is 6.14. The predicted molar refractivity (Wildman–Crippen MR) is 85.0 cm³/mol. The van der Waals surface area contributed by atoms with Crippen molar-refractivity contribution in [2.45, 2.75) is 20.3 Å². The van der Waals surface area contributed by atoms with Crippen molar-refractivity contribution in [3.8, 4) is 0 Å². The number of benzene rings is 1. The van der Waals surface area contributed by atoms with E-state index in [9.17, 15) is 13.2 Å². The van der Waals surface area contributed by atoms with Crippen molar-refractivity contribution >= 4 is 21.6 Å². The van der Waals surface area contributed by atoms with Gasteiger partial charge in [-0.3, -0.25) is 9.52 Å². The number of carbonyl (C=O) groups excluding carboxylic acids is 1. The van der Waals surface area contributed by atoms with Crippen molar-refractivity contribution in [2.75, 3.05) is 30.1 Å². The number of para-hydroxylation sites is 1. The van der Waals surface area contributed by atoms with Gasteiger partial charge in [-0.2, -0.15) is 0 Å². The number of hydrogen-bond donors (Lipinski definition) is 3. The highest BCUT2D eigenvalue weighted by atomic mass is 32.2. The van der Waals surface area contributed by atoms with E-state index >= 15 is 0 Å². The van der Waals surface area contributed by atoms with Crippen LogP contribution >= 0.6 is 0 Å². The van der Waals surface area contributed by atoms with Gasteiger partial charge >= 0.3 is 0 Å². The molecule has 0 atom stereocenters. The number of anilines is 1. The predicted octanol–water partition coefficient (Wildman–Crippen LogP) is 1.18. The van der Waals surface area contributed by atoms with Crippen LogP contribution in [0.15, 0.2) is 24.3 Å². The zero-order chi connectivity index (χ0) is 15.7. The molecule has 0 aliphatic carbocycles. The quantitative estimate of drug-likeness (QED) is 0.597. The summed E-state index contributed by atoms with van der Waals surface area (Å²) in [7, 11) is -3.41. The second-order valence-corrected chi connectivity index (χ2v) is 6.42. The molecule has 0 bridgehead atoms. The summed E-state index contributed by atoms with van der Waals surface area (Å²) in [5, 5.41) is 5.85. The smallest absolute Gasteiger partial charge is 0.253 e. The second-order valence-electron chi connectivity index (χ2n) is 4.58. The van der Waals surface area contributed by atoms with Crippen molar-refractivity contribution in [3.63, 3.8) is 0 Å². The molecule has 118 valence electrons. The Labute approximate surface area is 126 Å². The Kier molecular flexibility index (Phi) is 7.18. The van der Waals surface area contributed by atoms with Crippen LogP contribution in [0.4, 0.5) is 5.69 Å². The fourth-order valence-electron chi connectivity index (χ4n) is 1.79. The third-order valence-corrected chi connectivity index (χ3v) is 4.22. The first-order chi connectivity index (χ1) is 10.00. The van der Waals surface area contributed by atoms with Gasteiger partial charge in [0.05, 0.1) is 17.0 Å². The molecule has 0 spiro atoms. The molecule has 0 fully saturated rings. The Morgan fingerprint density at radius 1 is 1.14 bits per heavy atom. The molecular weight excluding hydrogens is 290 g/mol. The van der Waals surface area contributed by atoms with E-state index < -0.39 is 10.0 Å². The number of hydrogen-bond acceptors (Lipinski definition) is 4. The van der Waals surface area contributed by atoms with Crippen LogP contribution in [0.3, 0.4) is 0 Å². The van der Waals surface area contributed by atoms with E-state index in [1.807, 2.05) is 6.92 Å². The summed E-state index contributed by atoms with van der Waals surface area (Å²) in [5.41, 5.74) is 0.639. The fraction of sp³-hybridized carbons (Fsp3) is 0.500. The van der Waals surface area contributed by atoms with Gasteiger partial charge in [-0.05, 0) is 25.1 Å². The van der Waals surface area contributed by atoms with Crippen LogP contribution in [-0.2, 0) is 10.0 Å². The molecule has 7 heteroatoms. The van der Waals surface area contributed by atoms with Gasteiger partial charge in [0.1, 0.15) is 0 Å². The fourth-order valence-corrected chi connectivity index (χ4v) is 2.95. The maximum atomic E-state index is 12.1. The van der Waals surface area contributed by atoms with Crippen molar-refractivity contribution in [2.24, 2.45) is 0 Å².